The second-order valence-corrected chi connectivity index (χ2v) is 21.9. The van der Waals surface area contributed by atoms with Crippen LogP contribution in [0.2, 0.25) is 0 Å². The van der Waals surface area contributed by atoms with Crippen LogP contribution in [-0.2, 0) is 0 Å². The fourth-order valence-corrected chi connectivity index (χ4v) is 13.9. The number of fused-ring (bicyclic) bond motifs is 13. The van der Waals surface area contributed by atoms with Gasteiger partial charge in [-0.15, -0.1) is 11.3 Å². The van der Waals surface area contributed by atoms with Crippen LogP contribution in [0.25, 0.3) is 142 Å². The van der Waals surface area contributed by atoms with Crippen molar-refractivity contribution >= 4 is 109 Å². The first kappa shape index (κ1) is 43.8. The first-order chi connectivity index (χ1) is 37.9. The van der Waals surface area contributed by atoms with Crippen molar-refractivity contribution in [1.29, 1.82) is 0 Å². The molecule has 16 aromatic rings. The fraction of sp³-hybridized carbons (Fsp3) is 0.0571. The third-order valence-corrected chi connectivity index (χ3v) is 17.1. The molecule has 0 amide bonds. The lowest BCUT2D eigenvalue weighted by molar-refractivity contribution is 1.02. The zero-order valence-electron chi connectivity index (χ0n) is 42.9. The van der Waals surface area contributed by atoms with Gasteiger partial charge in [-0.2, -0.15) is 0 Å². The van der Waals surface area contributed by atoms with Crippen LogP contribution in [0, 0.1) is 27.7 Å². The lowest BCUT2D eigenvalue weighted by Crippen LogP contribution is -2.16. The van der Waals surface area contributed by atoms with Crippen LogP contribution in [0.15, 0.2) is 219 Å². The maximum atomic E-state index is 5.79. The average molecular weight is 1010 g/mol. The Morgan fingerprint density at radius 1 is 0.325 bits per heavy atom. The van der Waals surface area contributed by atoms with Gasteiger partial charge in [0.2, 0.25) is 0 Å². The lowest BCUT2D eigenvalue weighted by atomic mass is 9.92. The number of rotatable bonds is 6. The Morgan fingerprint density at radius 2 is 0.688 bits per heavy atom. The number of thiazole rings is 1. The largest absolute Gasteiger partial charge is 0.306 e. The van der Waals surface area contributed by atoms with Crippen LogP contribution in [-0.4, -0.2) is 28.2 Å². The van der Waals surface area contributed by atoms with Crippen molar-refractivity contribution in [3.8, 4) is 44.4 Å². The van der Waals surface area contributed by atoms with Gasteiger partial charge in [0.15, 0.2) is 0 Å². The topological polar surface area (TPSA) is 45.5 Å². The van der Waals surface area contributed by atoms with E-state index in [1.54, 1.807) is 11.3 Å². The van der Waals surface area contributed by atoms with Crippen molar-refractivity contribution in [2.45, 2.75) is 27.7 Å². The Kier molecular flexibility index (Phi) is 9.37. The number of hydrogen-bond acceptors (Lipinski definition) is 3. The van der Waals surface area contributed by atoms with Gasteiger partial charge < -0.3 is 18.3 Å². The molecule has 6 nitrogen and oxygen atoms in total. The highest BCUT2D eigenvalue weighted by atomic mass is 32.1. The predicted molar refractivity (Wildman–Crippen MR) is 325 cm³/mol. The molecule has 0 bridgehead atoms. The molecule has 0 saturated carbocycles. The van der Waals surface area contributed by atoms with Crippen molar-refractivity contribution in [3.63, 3.8) is 0 Å². The number of aryl methyl sites for hydroxylation is 4. The minimum absolute atomic E-state index is 0.915. The van der Waals surface area contributed by atoms with E-state index in [0.717, 1.165) is 98.8 Å². The highest BCUT2D eigenvalue weighted by molar-refractivity contribution is 7.21. The normalized spacial score (nSPS) is 12.2. The van der Waals surface area contributed by atoms with Gasteiger partial charge in [-0.05, 0) is 119 Å². The Hall–Kier alpha value is -9.56. The number of para-hydroxylation sites is 5. The van der Waals surface area contributed by atoms with E-state index >= 15 is 0 Å². The Labute approximate surface area is 447 Å². The fourth-order valence-electron chi connectivity index (χ4n) is 12.8. The van der Waals surface area contributed by atoms with Gasteiger partial charge in [0.1, 0.15) is 5.01 Å². The van der Waals surface area contributed by atoms with Gasteiger partial charge in [-0.3, -0.25) is 4.98 Å². The molecule has 10 aromatic carbocycles. The first-order valence-electron chi connectivity index (χ1n) is 26.4. The van der Waals surface area contributed by atoms with E-state index in [4.69, 9.17) is 9.97 Å². The van der Waals surface area contributed by atoms with E-state index in [2.05, 4.69) is 258 Å². The summed E-state index contributed by atoms with van der Waals surface area (Å²) in [6, 6.07) is 76.8. The van der Waals surface area contributed by atoms with Gasteiger partial charge in [-0.25, -0.2) is 4.98 Å². The molecule has 7 heteroatoms. The van der Waals surface area contributed by atoms with E-state index in [0.29, 0.717) is 0 Å². The van der Waals surface area contributed by atoms with E-state index in [9.17, 15) is 0 Å². The summed E-state index contributed by atoms with van der Waals surface area (Å²) in [5, 5.41) is 10.4. The third-order valence-electron chi connectivity index (χ3n) is 16.1. The molecule has 364 valence electrons. The van der Waals surface area contributed by atoms with Gasteiger partial charge in [0.25, 0.3) is 0 Å². The van der Waals surface area contributed by atoms with Crippen molar-refractivity contribution in [1.82, 2.24) is 28.2 Å². The summed E-state index contributed by atoms with van der Waals surface area (Å²) in [5.74, 6) is 0. The molecule has 0 aliphatic carbocycles. The Balaban J connectivity index is 1.31. The second-order valence-electron chi connectivity index (χ2n) is 20.9. The first-order valence-corrected chi connectivity index (χ1v) is 27.2. The van der Waals surface area contributed by atoms with Crippen molar-refractivity contribution in [2.24, 2.45) is 0 Å². The summed E-state index contributed by atoms with van der Waals surface area (Å²) in [6.45, 7) is 8.82. The summed E-state index contributed by atoms with van der Waals surface area (Å²) < 4.78 is 11.5. The van der Waals surface area contributed by atoms with E-state index in [1.807, 2.05) is 6.20 Å². The molecular weight excluding hydrogens is 957 g/mol. The van der Waals surface area contributed by atoms with Gasteiger partial charge >= 0.3 is 0 Å². The molecule has 16 rings (SSSR count). The molecular formula is C70H48N6S. The standard InChI is InChI=1S/C70H48N6S/c1-41-27-31-59-50(36-41)46-17-5-10-22-55(46)73(59)66-64(45-16-15-35-71-40-45)65(70-72-54-21-9-14-26-63(54)77-70)67(74-56-23-11-6-18-47(56)51-37-42(2)28-32-60(51)74)69(76-58-25-13-8-20-49(58)53-39-44(4)30-34-62(53)76)68(66)75-57-24-12-7-19-48(57)52-38-43(3)29-33-61(52)75/h5-40H,1-4H3. The molecule has 0 unspecified atom stereocenters. The van der Waals surface area contributed by atoms with Gasteiger partial charge in [-0.1, -0.05) is 138 Å². The smallest absolute Gasteiger partial charge is 0.127 e. The van der Waals surface area contributed by atoms with Crippen molar-refractivity contribution < 1.29 is 0 Å². The summed E-state index contributed by atoms with van der Waals surface area (Å²) >= 11 is 1.75. The van der Waals surface area contributed by atoms with E-state index in [-0.39, 0.29) is 0 Å². The second kappa shape index (κ2) is 16.5. The molecule has 0 atom stereocenters. The van der Waals surface area contributed by atoms with Crippen molar-refractivity contribution in [2.75, 3.05) is 0 Å². The van der Waals surface area contributed by atoms with E-state index in [1.165, 1.54) is 65.3 Å². The maximum absolute atomic E-state index is 5.79. The Bertz CT molecular complexity index is 5120. The van der Waals surface area contributed by atoms with Crippen molar-refractivity contribution in [3.05, 3.63) is 241 Å². The number of pyridine rings is 1. The predicted octanol–water partition coefficient (Wildman–Crippen LogP) is 18.6. The van der Waals surface area contributed by atoms with Crippen LogP contribution in [0.1, 0.15) is 22.3 Å². The minimum Gasteiger partial charge on any atom is -0.306 e. The highest BCUT2D eigenvalue weighted by Crippen LogP contribution is 2.55. The molecule has 0 fully saturated rings. The van der Waals surface area contributed by atoms with Crippen LogP contribution >= 0.6 is 11.3 Å². The molecule has 0 aliphatic heterocycles. The van der Waals surface area contributed by atoms with Gasteiger partial charge in [0, 0.05) is 72.2 Å². The van der Waals surface area contributed by atoms with Crippen LogP contribution in [0.5, 0.6) is 0 Å². The summed E-state index contributed by atoms with van der Waals surface area (Å²) in [6.07, 6.45) is 3.96. The summed E-state index contributed by atoms with van der Waals surface area (Å²) in [4.78, 5) is 10.8. The molecule has 0 saturated heterocycles. The molecule has 0 aliphatic rings. The van der Waals surface area contributed by atoms with Gasteiger partial charge in [0.05, 0.1) is 77.1 Å². The zero-order chi connectivity index (χ0) is 51.2. The molecule has 6 heterocycles. The van der Waals surface area contributed by atoms with Crippen LogP contribution < -0.4 is 0 Å². The monoisotopic (exact) mass is 1000 g/mol. The number of aromatic nitrogens is 6. The number of benzene rings is 10. The summed E-state index contributed by atoms with van der Waals surface area (Å²) in [5.41, 5.74) is 21.8. The van der Waals surface area contributed by atoms with E-state index < -0.39 is 0 Å². The van der Waals surface area contributed by atoms with Crippen LogP contribution in [0.3, 0.4) is 0 Å². The van der Waals surface area contributed by atoms with Crippen LogP contribution in [0.4, 0.5) is 0 Å². The molecule has 0 N–H and O–H groups in total. The minimum atomic E-state index is 0.915. The highest BCUT2D eigenvalue weighted by Gasteiger charge is 2.36. The number of hydrogen-bond donors (Lipinski definition) is 0. The molecule has 0 radical (unpaired) electrons. The lowest BCUT2D eigenvalue weighted by Gasteiger charge is -2.30. The SMILES string of the molecule is Cc1ccc2c(c1)c1ccccc1n2-c1c(-c2cccnc2)c(-c2nc3ccccc3s2)c(-n2c3ccccc3c3cc(C)ccc32)c(-n2c3ccccc3c3cc(C)ccc32)c1-n1c2ccccc2c2cc(C)ccc21. The molecule has 0 spiro atoms. The zero-order valence-corrected chi connectivity index (χ0v) is 43.7. The quantitative estimate of drug-likeness (QED) is 0.167. The number of nitrogens with zero attached hydrogens (tertiary/aromatic N) is 6. The maximum Gasteiger partial charge on any atom is 0.127 e. The summed E-state index contributed by atoms with van der Waals surface area (Å²) in [7, 11) is 0. The molecule has 77 heavy (non-hydrogen) atoms. The average Bonchev–Trinajstić information content (AvgIpc) is 4.48. The Morgan fingerprint density at radius 3 is 1.09 bits per heavy atom. The third kappa shape index (κ3) is 6.29. The molecule has 6 aromatic heterocycles.